The zero-order chi connectivity index (χ0) is 33.5. The number of aromatic nitrogens is 4. The molecule has 0 N–H and O–H groups in total. The van der Waals surface area contributed by atoms with E-state index in [0.717, 1.165) is 87.9 Å². The monoisotopic (exact) mass is 654 g/mol. The van der Waals surface area contributed by atoms with Crippen LogP contribution in [-0.4, -0.2) is 19.5 Å². The maximum Gasteiger partial charge on any atom is 0.238 e. The van der Waals surface area contributed by atoms with E-state index in [2.05, 4.69) is 95.6 Å². The second kappa shape index (κ2) is 10.7. The first-order valence-corrected chi connectivity index (χ1v) is 16.9. The Morgan fingerprint density at radius 1 is 0.373 bits per heavy atom. The molecule has 0 aliphatic heterocycles. The maximum atomic E-state index is 6.59. The van der Waals surface area contributed by atoms with E-state index in [1.54, 1.807) is 0 Å². The van der Waals surface area contributed by atoms with Gasteiger partial charge in [0.05, 0.1) is 11.0 Å². The summed E-state index contributed by atoms with van der Waals surface area (Å²) in [4.78, 5) is 15.4. The topological polar surface area (TPSA) is 69.9 Å². The van der Waals surface area contributed by atoms with Crippen LogP contribution >= 0.6 is 0 Å². The van der Waals surface area contributed by atoms with Crippen LogP contribution in [0.25, 0.3) is 106 Å². The minimum atomic E-state index is 0.559. The predicted molar refractivity (Wildman–Crippen MR) is 205 cm³/mol. The van der Waals surface area contributed by atoms with Gasteiger partial charge in [-0.2, -0.15) is 9.97 Å². The van der Waals surface area contributed by atoms with E-state index in [4.69, 9.17) is 23.8 Å². The normalized spacial score (nSPS) is 11.9. The van der Waals surface area contributed by atoms with Gasteiger partial charge in [0.1, 0.15) is 22.3 Å². The molecule has 0 amide bonds. The van der Waals surface area contributed by atoms with Crippen molar-refractivity contribution in [3.05, 3.63) is 158 Å². The lowest BCUT2D eigenvalue weighted by molar-refractivity contribution is 0.668. The molecule has 0 atom stereocenters. The average molecular weight is 655 g/mol. The Hall–Kier alpha value is -7.05. The Morgan fingerprint density at radius 3 is 1.71 bits per heavy atom. The molecular formula is C45H26N4O2. The second-order valence-corrected chi connectivity index (χ2v) is 12.8. The average Bonchev–Trinajstić information content (AvgIpc) is 3.87. The molecule has 4 heterocycles. The fourth-order valence-corrected chi connectivity index (χ4v) is 7.63. The zero-order valence-corrected chi connectivity index (χ0v) is 27.1. The van der Waals surface area contributed by atoms with Crippen molar-refractivity contribution in [2.24, 2.45) is 0 Å². The van der Waals surface area contributed by atoms with Crippen LogP contribution in [0.5, 0.6) is 0 Å². The fraction of sp³-hybridized carbons (Fsp3) is 0. The number of hydrogen-bond donors (Lipinski definition) is 0. The van der Waals surface area contributed by atoms with Crippen molar-refractivity contribution in [2.45, 2.75) is 0 Å². The number of nitrogens with zero attached hydrogens (tertiary/aromatic N) is 4. The van der Waals surface area contributed by atoms with Crippen molar-refractivity contribution in [3.8, 4) is 39.9 Å². The van der Waals surface area contributed by atoms with Gasteiger partial charge in [0.25, 0.3) is 0 Å². The fourth-order valence-electron chi connectivity index (χ4n) is 7.63. The lowest BCUT2D eigenvalue weighted by atomic mass is 9.98. The number of para-hydroxylation sites is 3. The molecule has 0 aliphatic carbocycles. The van der Waals surface area contributed by atoms with Crippen LogP contribution in [-0.2, 0) is 0 Å². The summed E-state index contributed by atoms with van der Waals surface area (Å²) >= 11 is 0. The van der Waals surface area contributed by atoms with Crippen molar-refractivity contribution in [1.82, 2.24) is 19.5 Å². The lowest BCUT2D eigenvalue weighted by Gasteiger charge is -2.11. The van der Waals surface area contributed by atoms with Crippen LogP contribution in [0.1, 0.15) is 0 Å². The van der Waals surface area contributed by atoms with Crippen LogP contribution < -0.4 is 0 Å². The highest BCUT2D eigenvalue weighted by Crippen LogP contribution is 2.41. The molecule has 6 heteroatoms. The van der Waals surface area contributed by atoms with Crippen molar-refractivity contribution < 1.29 is 8.83 Å². The summed E-state index contributed by atoms with van der Waals surface area (Å²) < 4.78 is 14.9. The van der Waals surface area contributed by atoms with Gasteiger partial charge in [-0.1, -0.05) is 115 Å². The molecule has 51 heavy (non-hydrogen) atoms. The molecule has 238 valence electrons. The number of benzene rings is 7. The first kappa shape index (κ1) is 27.9. The quantitative estimate of drug-likeness (QED) is 0.189. The molecule has 0 saturated heterocycles. The maximum absolute atomic E-state index is 6.59. The summed E-state index contributed by atoms with van der Waals surface area (Å²) in [5, 5.41) is 6.44. The van der Waals surface area contributed by atoms with Crippen molar-refractivity contribution in [2.75, 3.05) is 0 Å². The summed E-state index contributed by atoms with van der Waals surface area (Å²) in [5.41, 5.74) is 9.32. The Balaban J connectivity index is 1.14. The van der Waals surface area contributed by atoms with Gasteiger partial charge in [-0.15, -0.1) is 0 Å². The van der Waals surface area contributed by atoms with Crippen LogP contribution in [0.15, 0.2) is 167 Å². The molecular weight excluding hydrogens is 629 g/mol. The van der Waals surface area contributed by atoms with Crippen molar-refractivity contribution >= 4 is 65.7 Å². The first-order chi connectivity index (χ1) is 25.3. The standard InChI is InChI=1S/C45H26N4O2/c1-2-12-27(13-3-1)43-46-44(48-45(47-43)49-35-19-7-4-14-30(35)31-15-5-8-20-36(31)49)34-18-11-23-39-42(34)33-25-24-28(26-40(33)51-39)29-17-10-22-38-41(29)32-16-6-9-21-37(32)50-38/h1-26H. The Kier molecular flexibility index (Phi) is 5.86. The SMILES string of the molecule is c1ccc(-c2nc(-c3cccc4oc5cc(-c6cccc7oc8ccccc8c67)ccc5c34)nc(-n3c4ccccc4c4ccccc43)n2)cc1. The number of fused-ring (bicyclic) bond motifs is 9. The van der Waals surface area contributed by atoms with Gasteiger partial charge in [-0.3, -0.25) is 4.57 Å². The third-order valence-electron chi connectivity index (χ3n) is 9.89. The van der Waals surface area contributed by atoms with Gasteiger partial charge < -0.3 is 8.83 Å². The predicted octanol–water partition coefficient (Wildman–Crippen LogP) is 11.8. The minimum Gasteiger partial charge on any atom is -0.456 e. The third kappa shape index (κ3) is 4.20. The van der Waals surface area contributed by atoms with E-state index in [-0.39, 0.29) is 0 Å². The Morgan fingerprint density at radius 2 is 0.941 bits per heavy atom. The molecule has 0 aliphatic rings. The molecule has 11 aromatic rings. The second-order valence-electron chi connectivity index (χ2n) is 12.8. The van der Waals surface area contributed by atoms with Gasteiger partial charge in [0.15, 0.2) is 11.6 Å². The first-order valence-electron chi connectivity index (χ1n) is 16.9. The smallest absolute Gasteiger partial charge is 0.238 e. The molecule has 0 radical (unpaired) electrons. The van der Waals surface area contributed by atoms with E-state index >= 15 is 0 Å². The number of hydrogen-bond acceptors (Lipinski definition) is 5. The molecule has 4 aromatic heterocycles. The molecule has 7 aromatic carbocycles. The van der Waals surface area contributed by atoms with Crippen LogP contribution in [0.2, 0.25) is 0 Å². The van der Waals surface area contributed by atoms with Crippen LogP contribution in [0.3, 0.4) is 0 Å². The summed E-state index contributed by atoms with van der Waals surface area (Å²) in [6, 6.07) is 53.8. The van der Waals surface area contributed by atoms with Gasteiger partial charge in [-0.05, 0) is 53.6 Å². The molecule has 0 bridgehead atoms. The van der Waals surface area contributed by atoms with Gasteiger partial charge >= 0.3 is 0 Å². The van der Waals surface area contributed by atoms with E-state index in [9.17, 15) is 0 Å². The largest absolute Gasteiger partial charge is 0.456 e. The van der Waals surface area contributed by atoms with E-state index < -0.39 is 0 Å². The highest BCUT2D eigenvalue weighted by molar-refractivity contribution is 6.15. The van der Waals surface area contributed by atoms with Gasteiger partial charge in [0.2, 0.25) is 5.95 Å². The van der Waals surface area contributed by atoms with Crippen LogP contribution in [0, 0.1) is 0 Å². The summed E-state index contributed by atoms with van der Waals surface area (Å²) in [6.07, 6.45) is 0. The van der Waals surface area contributed by atoms with E-state index in [1.165, 1.54) is 0 Å². The zero-order valence-electron chi connectivity index (χ0n) is 27.1. The van der Waals surface area contributed by atoms with E-state index in [1.807, 2.05) is 66.7 Å². The number of rotatable bonds is 4. The minimum absolute atomic E-state index is 0.559. The molecule has 6 nitrogen and oxygen atoms in total. The van der Waals surface area contributed by atoms with Crippen LogP contribution in [0.4, 0.5) is 0 Å². The molecule has 0 spiro atoms. The molecule has 11 rings (SSSR count). The van der Waals surface area contributed by atoms with Gasteiger partial charge in [-0.25, -0.2) is 4.98 Å². The lowest BCUT2D eigenvalue weighted by Crippen LogP contribution is -2.06. The third-order valence-corrected chi connectivity index (χ3v) is 9.89. The molecule has 0 unspecified atom stereocenters. The Labute approximate surface area is 290 Å². The summed E-state index contributed by atoms with van der Waals surface area (Å²) in [5.74, 6) is 1.74. The van der Waals surface area contributed by atoms with Gasteiger partial charge in [0, 0.05) is 43.4 Å². The number of furan rings is 2. The van der Waals surface area contributed by atoms with Crippen molar-refractivity contribution in [1.29, 1.82) is 0 Å². The van der Waals surface area contributed by atoms with E-state index in [0.29, 0.717) is 17.6 Å². The summed E-state index contributed by atoms with van der Waals surface area (Å²) in [6.45, 7) is 0. The molecule has 0 saturated carbocycles. The Bertz CT molecular complexity index is 3100. The van der Waals surface area contributed by atoms with Crippen molar-refractivity contribution in [3.63, 3.8) is 0 Å². The summed E-state index contributed by atoms with van der Waals surface area (Å²) in [7, 11) is 0. The highest BCUT2D eigenvalue weighted by atomic mass is 16.3. The molecule has 0 fully saturated rings. The highest BCUT2D eigenvalue weighted by Gasteiger charge is 2.21.